The number of hydrogen-bond acceptors (Lipinski definition) is 3. The number of nitrogens with zero attached hydrogens (tertiary/aromatic N) is 2. The molecule has 2 N–H and O–H groups in total. The van der Waals surface area contributed by atoms with Gasteiger partial charge in [0.1, 0.15) is 5.82 Å². The zero-order chi connectivity index (χ0) is 19.2. The number of hydrogen-bond donors (Lipinski definition) is 2. The van der Waals surface area contributed by atoms with Crippen LogP contribution in [-0.4, -0.2) is 47.0 Å². The number of piperidine rings is 1. The normalized spacial score (nSPS) is 17.4. The number of benzene rings is 2. The molecule has 5 heteroatoms. The van der Waals surface area contributed by atoms with Crippen LogP contribution in [0.1, 0.15) is 34.7 Å². The highest BCUT2D eigenvalue weighted by atomic mass is 16.1. The zero-order valence-corrected chi connectivity index (χ0v) is 16.0. The lowest BCUT2D eigenvalue weighted by Gasteiger charge is -2.33. The van der Waals surface area contributed by atoms with Gasteiger partial charge in [0.2, 0.25) is 0 Å². The van der Waals surface area contributed by atoms with Crippen LogP contribution in [-0.2, 0) is 0 Å². The molecule has 28 heavy (non-hydrogen) atoms. The summed E-state index contributed by atoms with van der Waals surface area (Å²) in [6, 6.07) is 18.3. The predicted molar refractivity (Wildman–Crippen MR) is 111 cm³/mol. The van der Waals surface area contributed by atoms with E-state index in [2.05, 4.69) is 50.5 Å². The number of aromatic nitrogens is 2. The van der Waals surface area contributed by atoms with Crippen molar-refractivity contribution in [1.82, 2.24) is 20.2 Å². The van der Waals surface area contributed by atoms with E-state index in [0.29, 0.717) is 23.9 Å². The minimum Gasteiger partial charge on any atom is -0.351 e. The van der Waals surface area contributed by atoms with Gasteiger partial charge in [0, 0.05) is 37.6 Å². The summed E-state index contributed by atoms with van der Waals surface area (Å²) in [5.41, 5.74) is 2.90. The Kier molecular flexibility index (Phi) is 5.83. The number of rotatable bonds is 6. The summed E-state index contributed by atoms with van der Waals surface area (Å²) in [5.74, 6) is 1.25. The molecule has 1 aliphatic rings. The summed E-state index contributed by atoms with van der Waals surface area (Å²) in [6.07, 6.45) is 5.91. The number of H-pyrrole nitrogens is 1. The van der Waals surface area contributed by atoms with Gasteiger partial charge in [0.25, 0.3) is 5.91 Å². The highest BCUT2D eigenvalue weighted by Crippen LogP contribution is 2.26. The van der Waals surface area contributed by atoms with E-state index in [1.807, 2.05) is 24.3 Å². The Bertz CT molecular complexity index is 892. The summed E-state index contributed by atoms with van der Waals surface area (Å²) in [4.78, 5) is 22.5. The van der Waals surface area contributed by atoms with Crippen molar-refractivity contribution in [2.24, 2.45) is 0 Å². The summed E-state index contributed by atoms with van der Waals surface area (Å²) in [5, 5.41) is 3.08. The number of carbonyl (C=O) groups excluding carboxylic acids is 1. The van der Waals surface area contributed by atoms with Crippen LogP contribution in [0.5, 0.6) is 0 Å². The van der Waals surface area contributed by atoms with Gasteiger partial charge in [-0.1, -0.05) is 48.5 Å². The molecular weight excluding hydrogens is 348 g/mol. The molecule has 0 radical (unpaired) electrons. The first-order valence-electron chi connectivity index (χ1n) is 9.95. The van der Waals surface area contributed by atoms with Gasteiger partial charge in [-0.05, 0) is 36.9 Å². The molecule has 4 rings (SSSR count). The fraction of sp³-hybridized carbons (Fsp3) is 0.304. The number of likely N-dealkylation sites (tertiary alicyclic amines) is 1. The summed E-state index contributed by atoms with van der Waals surface area (Å²) >= 11 is 0. The van der Waals surface area contributed by atoms with Gasteiger partial charge in [-0.2, -0.15) is 0 Å². The third kappa shape index (κ3) is 4.31. The Morgan fingerprint density at radius 3 is 2.79 bits per heavy atom. The highest BCUT2D eigenvalue weighted by Gasteiger charge is 2.21. The Labute approximate surface area is 165 Å². The average Bonchev–Trinajstić information content (AvgIpc) is 3.29. The quantitative estimate of drug-likeness (QED) is 0.692. The van der Waals surface area contributed by atoms with Crippen LogP contribution in [0.2, 0.25) is 0 Å². The lowest BCUT2D eigenvalue weighted by molar-refractivity contribution is 0.0946. The van der Waals surface area contributed by atoms with Crippen molar-refractivity contribution < 1.29 is 4.79 Å². The molecule has 5 nitrogen and oxygen atoms in total. The second-order valence-electron chi connectivity index (χ2n) is 7.29. The van der Waals surface area contributed by atoms with Gasteiger partial charge in [0.15, 0.2) is 0 Å². The van der Waals surface area contributed by atoms with E-state index in [9.17, 15) is 4.79 Å². The third-order valence-electron chi connectivity index (χ3n) is 5.42. The third-order valence-corrected chi connectivity index (χ3v) is 5.42. The van der Waals surface area contributed by atoms with Crippen LogP contribution in [0.25, 0.3) is 11.4 Å². The van der Waals surface area contributed by atoms with Gasteiger partial charge in [-0.15, -0.1) is 0 Å². The number of carbonyl (C=O) groups is 1. The first-order chi connectivity index (χ1) is 13.8. The fourth-order valence-electron chi connectivity index (χ4n) is 3.98. The summed E-state index contributed by atoms with van der Waals surface area (Å²) in [7, 11) is 0. The lowest BCUT2D eigenvalue weighted by atomic mass is 9.91. The van der Waals surface area contributed by atoms with Crippen molar-refractivity contribution in [3.8, 4) is 11.4 Å². The van der Waals surface area contributed by atoms with E-state index in [4.69, 9.17) is 0 Å². The van der Waals surface area contributed by atoms with Crippen molar-refractivity contribution in [1.29, 1.82) is 0 Å². The molecule has 0 saturated carbocycles. The molecule has 0 aliphatic carbocycles. The molecule has 0 spiro atoms. The van der Waals surface area contributed by atoms with Gasteiger partial charge in [0.05, 0.1) is 5.56 Å². The van der Waals surface area contributed by atoms with Gasteiger partial charge >= 0.3 is 0 Å². The Morgan fingerprint density at radius 1 is 1.14 bits per heavy atom. The first-order valence-corrected chi connectivity index (χ1v) is 9.95. The number of nitrogens with one attached hydrogen (secondary N) is 2. The molecule has 2 aromatic carbocycles. The molecule has 1 aromatic heterocycles. The van der Waals surface area contributed by atoms with E-state index >= 15 is 0 Å². The molecule has 1 saturated heterocycles. The molecule has 3 aromatic rings. The second kappa shape index (κ2) is 8.85. The monoisotopic (exact) mass is 374 g/mol. The molecule has 1 unspecified atom stereocenters. The van der Waals surface area contributed by atoms with Crippen molar-refractivity contribution in [3.05, 3.63) is 78.1 Å². The first kappa shape index (κ1) is 18.4. The second-order valence-corrected chi connectivity index (χ2v) is 7.29. The lowest BCUT2D eigenvalue weighted by Crippen LogP contribution is -2.40. The van der Waals surface area contributed by atoms with Gasteiger partial charge in [-0.25, -0.2) is 4.98 Å². The molecule has 144 valence electrons. The van der Waals surface area contributed by atoms with Crippen LogP contribution in [0.4, 0.5) is 0 Å². The van der Waals surface area contributed by atoms with E-state index in [-0.39, 0.29) is 5.91 Å². The molecule has 1 amide bonds. The van der Waals surface area contributed by atoms with Gasteiger partial charge in [-0.3, -0.25) is 4.79 Å². The van der Waals surface area contributed by atoms with Gasteiger partial charge < -0.3 is 15.2 Å². The number of imidazole rings is 1. The fourth-order valence-corrected chi connectivity index (χ4v) is 3.98. The maximum absolute atomic E-state index is 12.7. The maximum atomic E-state index is 12.7. The Balaban J connectivity index is 1.33. The van der Waals surface area contributed by atoms with Crippen molar-refractivity contribution in [3.63, 3.8) is 0 Å². The van der Waals surface area contributed by atoms with Crippen LogP contribution in [0, 0.1) is 0 Å². The number of aromatic amines is 1. The summed E-state index contributed by atoms with van der Waals surface area (Å²) < 4.78 is 0. The summed E-state index contributed by atoms with van der Waals surface area (Å²) in [6.45, 7) is 3.68. The minimum absolute atomic E-state index is 0.0522. The molecule has 1 aliphatic heterocycles. The zero-order valence-electron chi connectivity index (χ0n) is 16.0. The van der Waals surface area contributed by atoms with Crippen molar-refractivity contribution >= 4 is 5.91 Å². The average molecular weight is 374 g/mol. The number of amides is 1. The van der Waals surface area contributed by atoms with E-state index in [1.54, 1.807) is 12.4 Å². The van der Waals surface area contributed by atoms with Crippen LogP contribution < -0.4 is 5.32 Å². The molecule has 1 fully saturated rings. The van der Waals surface area contributed by atoms with Crippen molar-refractivity contribution in [2.75, 3.05) is 26.2 Å². The van der Waals surface area contributed by atoms with E-state index < -0.39 is 0 Å². The Morgan fingerprint density at radius 2 is 1.96 bits per heavy atom. The predicted octanol–water partition coefficient (Wildman–Crippen LogP) is 3.69. The van der Waals surface area contributed by atoms with Crippen LogP contribution in [0.3, 0.4) is 0 Å². The van der Waals surface area contributed by atoms with Crippen molar-refractivity contribution in [2.45, 2.75) is 18.8 Å². The Hall–Kier alpha value is -2.92. The molecule has 1 atom stereocenters. The van der Waals surface area contributed by atoms with Crippen LogP contribution >= 0.6 is 0 Å². The topological polar surface area (TPSA) is 61.0 Å². The van der Waals surface area contributed by atoms with Crippen LogP contribution in [0.15, 0.2) is 67.0 Å². The standard InChI is InChI=1S/C23H26N4O/c28-23(21-11-5-4-10-20(21)22-24-12-13-25-22)26-14-16-27-15-6-9-19(17-27)18-7-2-1-3-8-18/h1-5,7-8,10-13,19H,6,9,14-17H2,(H,24,25)(H,26,28). The highest BCUT2D eigenvalue weighted by molar-refractivity contribution is 6.00. The van der Waals surface area contributed by atoms with E-state index in [1.165, 1.54) is 18.4 Å². The maximum Gasteiger partial charge on any atom is 0.252 e. The molecule has 2 heterocycles. The molecule has 0 bridgehead atoms. The SMILES string of the molecule is O=C(NCCN1CCCC(c2ccccc2)C1)c1ccccc1-c1ncc[nH]1. The smallest absolute Gasteiger partial charge is 0.252 e. The van der Waals surface area contributed by atoms with E-state index in [0.717, 1.165) is 25.2 Å². The molecular formula is C23H26N4O. The minimum atomic E-state index is -0.0522. The largest absolute Gasteiger partial charge is 0.351 e.